The molecule has 9 nitrogen and oxygen atoms in total. The summed E-state index contributed by atoms with van der Waals surface area (Å²) in [6.07, 6.45) is 5.28. The van der Waals surface area contributed by atoms with E-state index in [1.54, 1.807) is 31.2 Å². The molecule has 1 aliphatic carbocycles. The minimum atomic E-state index is -4.78. The van der Waals surface area contributed by atoms with Gasteiger partial charge in [0.2, 0.25) is 0 Å². The van der Waals surface area contributed by atoms with Crippen molar-refractivity contribution < 1.29 is 41.9 Å². The Labute approximate surface area is 324 Å². The Bertz CT molecular complexity index is 2370. The first-order valence-electron chi connectivity index (χ1n) is 17.8. The van der Waals surface area contributed by atoms with Crippen LogP contribution in [0.25, 0.3) is 11.1 Å². The summed E-state index contributed by atoms with van der Waals surface area (Å²) in [7, 11) is -4.78. The highest BCUT2D eigenvalue weighted by Crippen LogP contribution is 2.46. The molecular formula is C44H38O9S2. The van der Waals surface area contributed by atoms with E-state index in [-0.39, 0.29) is 22.3 Å². The number of ether oxygens (including phenoxy) is 2. The lowest BCUT2D eigenvalue weighted by Gasteiger charge is -2.38. The van der Waals surface area contributed by atoms with Crippen LogP contribution in [0.5, 0.6) is 23.0 Å². The summed E-state index contributed by atoms with van der Waals surface area (Å²) in [4.78, 5) is 13.3. The summed E-state index contributed by atoms with van der Waals surface area (Å²) < 4.78 is 51.9. The Balaban J connectivity index is 1.09. The van der Waals surface area contributed by atoms with Gasteiger partial charge in [0.1, 0.15) is 27.9 Å². The number of rotatable bonds is 13. The van der Waals surface area contributed by atoms with E-state index >= 15 is 0 Å². The Hall–Kier alpha value is -5.27. The Morgan fingerprint density at radius 3 is 1.80 bits per heavy atom. The number of hydrogen-bond acceptors (Lipinski definition) is 9. The third-order valence-electron chi connectivity index (χ3n) is 10.0. The Morgan fingerprint density at radius 2 is 1.20 bits per heavy atom. The van der Waals surface area contributed by atoms with E-state index < -0.39 is 20.8 Å². The predicted molar refractivity (Wildman–Crippen MR) is 210 cm³/mol. The fourth-order valence-electron chi connectivity index (χ4n) is 7.18. The summed E-state index contributed by atoms with van der Waals surface area (Å²) in [6, 6.07) is 42.8. The smallest absolute Gasteiger partial charge is 0.298 e. The highest BCUT2D eigenvalue weighted by Gasteiger charge is 2.36. The molecule has 6 aromatic rings. The van der Waals surface area contributed by atoms with Crippen LogP contribution < -0.4 is 9.47 Å². The summed E-state index contributed by atoms with van der Waals surface area (Å²) in [5.74, 6) is 1.25. The van der Waals surface area contributed by atoms with Crippen LogP contribution >= 0.6 is 12.0 Å². The summed E-state index contributed by atoms with van der Waals surface area (Å²) in [6.45, 7) is 1.78. The average molecular weight is 775 g/mol. The van der Waals surface area contributed by atoms with Crippen LogP contribution in [0.4, 0.5) is 0 Å². The number of carbonyl (C=O) groups is 1. The van der Waals surface area contributed by atoms with Crippen molar-refractivity contribution in [3.05, 3.63) is 167 Å². The van der Waals surface area contributed by atoms with Crippen molar-refractivity contribution in [2.75, 3.05) is 0 Å². The lowest BCUT2D eigenvalue weighted by Crippen LogP contribution is -2.30. The standard InChI is InChI=1S/C44H38O9S2/c1-30-10-11-33(28-41(30)54-53-52-46)43(45)34-14-25-40(42(29-34)55(47,48)49)51-39-23-17-36(18-24-39)44(26-6-3-7-27-44)35-15-21-38(22-16-35)50-37-19-12-32(13-20-37)31-8-4-2-5-9-31/h2,4-5,8-25,28-29,46H,3,6-7,26-27H2,1H3,(H,47,48,49). The van der Waals surface area contributed by atoms with Gasteiger partial charge in [-0.25, -0.2) is 5.26 Å². The molecule has 1 aliphatic rings. The third-order valence-corrected chi connectivity index (χ3v) is 11.7. The molecule has 0 unspecified atom stereocenters. The van der Waals surface area contributed by atoms with Crippen molar-refractivity contribution in [1.82, 2.24) is 0 Å². The molecule has 7 rings (SSSR count). The van der Waals surface area contributed by atoms with Gasteiger partial charge < -0.3 is 9.47 Å². The van der Waals surface area contributed by atoms with E-state index in [4.69, 9.17) is 14.7 Å². The van der Waals surface area contributed by atoms with E-state index in [0.29, 0.717) is 22.7 Å². The van der Waals surface area contributed by atoms with Crippen molar-refractivity contribution in [1.29, 1.82) is 0 Å². The van der Waals surface area contributed by atoms with Gasteiger partial charge in [0.15, 0.2) is 5.78 Å². The molecule has 0 radical (unpaired) electrons. The number of carbonyl (C=O) groups excluding carboxylic acids is 1. The van der Waals surface area contributed by atoms with Crippen LogP contribution in [0.1, 0.15) is 64.7 Å². The molecule has 280 valence electrons. The Morgan fingerprint density at radius 1 is 0.655 bits per heavy atom. The summed E-state index contributed by atoms with van der Waals surface area (Å²) in [5.41, 5.74) is 5.36. The van der Waals surface area contributed by atoms with Crippen molar-refractivity contribution in [3.63, 3.8) is 0 Å². The summed E-state index contributed by atoms with van der Waals surface area (Å²) in [5, 5.41) is 12.2. The fraction of sp³-hybridized carbons (Fsp3) is 0.159. The molecule has 0 amide bonds. The molecule has 1 fully saturated rings. The molecular weight excluding hydrogens is 737 g/mol. The highest BCUT2D eigenvalue weighted by atomic mass is 32.2. The fourth-order valence-corrected chi connectivity index (χ4v) is 8.30. The van der Waals surface area contributed by atoms with Gasteiger partial charge in [0.25, 0.3) is 10.1 Å². The summed E-state index contributed by atoms with van der Waals surface area (Å²) >= 11 is 0.708. The molecule has 1 saturated carbocycles. The molecule has 0 heterocycles. The first-order valence-corrected chi connectivity index (χ1v) is 20.0. The zero-order chi connectivity index (χ0) is 38.4. The maximum atomic E-state index is 13.4. The quantitative estimate of drug-likeness (QED) is 0.0384. The lowest BCUT2D eigenvalue weighted by atomic mass is 9.65. The first kappa shape index (κ1) is 38.0. The second-order valence-electron chi connectivity index (χ2n) is 13.5. The van der Waals surface area contributed by atoms with Crippen LogP contribution in [0, 0.1) is 6.92 Å². The van der Waals surface area contributed by atoms with E-state index in [1.807, 2.05) is 54.6 Å². The van der Waals surface area contributed by atoms with Gasteiger partial charge in [-0.2, -0.15) is 8.42 Å². The van der Waals surface area contributed by atoms with E-state index in [0.717, 1.165) is 71.9 Å². The maximum absolute atomic E-state index is 13.4. The number of hydrogen-bond donors (Lipinski definition) is 2. The van der Waals surface area contributed by atoms with E-state index in [1.165, 1.54) is 23.8 Å². The Kier molecular flexibility index (Phi) is 11.5. The van der Waals surface area contributed by atoms with Gasteiger partial charge in [-0.05, 0) is 108 Å². The largest absolute Gasteiger partial charge is 0.457 e. The van der Waals surface area contributed by atoms with Crippen LogP contribution in [0.3, 0.4) is 0 Å². The molecule has 11 heteroatoms. The molecule has 2 N–H and O–H groups in total. The van der Waals surface area contributed by atoms with Crippen molar-refractivity contribution in [2.24, 2.45) is 0 Å². The molecule has 0 atom stereocenters. The van der Waals surface area contributed by atoms with Crippen LogP contribution in [0.2, 0.25) is 0 Å². The first-order chi connectivity index (χ1) is 26.6. The average Bonchev–Trinajstić information content (AvgIpc) is 3.21. The molecule has 0 saturated heterocycles. The third kappa shape index (κ3) is 8.68. The molecule has 0 spiro atoms. The van der Waals surface area contributed by atoms with Crippen LogP contribution in [-0.2, 0) is 24.9 Å². The van der Waals surface area contributed by atoms with Gasteiger partial charge in [0, 0.05) is 21.4 Å². The molecule has 6 aromatic carbocycles. The zero-order valence-electron chi connectivity index (χ0n) is 29.9. The predicted octanol–water partition coefficient (Wildman–Crippen LogP) is 11.4. The number of aryl methyl sites for hydroxylation is 1. The monoisotopic (exact) mass is 774 g/mol. The maximum Gasteiger partial charge on any atom is 0.298 e. The van der Waals surface area contributed by atoms with E-state index in [9.17, 15) is 17.8 Å². The minimum absolute atomic E-state index is 0.0195. The van der Waals surface area contributed by atoms with Gasteiger partial charge in [-0.1, -0.05) is 103 Å². The second kappa shape index (κ2) is 16.6. The van der Waals surface area contributed by atoms with Crippen LogP contribution in [-0.4, -0.2) is 24.0 Å². The minimum Gasteiger partial charge on any atom is -0.457 e. The normalized spacial score (nSPS) is 13.9. The second-order valence-corrected chi connectivity index (χ2v) is 15.6. The lowest BCUT2D eigenvalue weighted by molar-refractivity contribution is -0.432. The molecule has 0 aromatic heterocycles. The molecule has 0 bridgehead atoms. The topological polar surface area (TPSA) is 129 Å². The van der Waals surface area contributed by atoms with Crippen molar-refractivity contribution >= 4 is 27.9 Å². The zero-order valence-corrected chi connectivity index (χ0v) is 31.5. The SMILES string of the molecule is Cc1ccc(C(=O)c2ccc(Oc3ccc(C4(c5ccc(Oc6ccc(-c7ccccc7)cc6)cc5)CCCCC4)cc3)c(S(=O)(=O)O)c2)cc1SOOO. The highest BCUT2D eigenvalue weighted by molar-refractivity contribution is 7.94. The van der Waals surface area contributed by atoms with Gasteiger partial charge in [-0.3, -0.25) is 9.35 Å². The number of ketones is 1. The van der Waals surface area contributed by atoms with Crippen molar-refractivity contribution in [2.45, 2.75) is 54.2 Å². The van der Waals surface area contributed by atoms with Gasteiger partial charge in [0.05, 0.1) is 12.0 Å². The van der Waals surface area contributed by atoms with Crippen molar-refractivity contribution in [3.8, 4) is 34.1 Å². The molecule has 55 heavy (non-hydrogen) atoms. The van der Waals surface area contributed by atoms with Gasteiger partial charge >= 0.3 is 0 Å². The van der Waals surface area contributed by atoms with Crippen LogP contribution in [0.15, 0.2) is 149 Å². The number of benzene rings is 6. The molecule has 0 aliphatic heterocycles. The van der Waals surface area contributed by atoms with Gasteiger partial charge in [-0.15, -0.1) is 4.33 Å². The van der Waals surface area contributed by atoms with E-state index in [2.05, 4.69) is 45.8 Å².